The van der Waals surface area contributed by atoms with E-state index < -0.39 is 0 Å². The van der Waals surface area contributed by atoms with Gasteiger partial charge in [0.1, 0.15) is 10.3 Å². The van der Waals surface area contributed by atoms with Crippen molar-refractivity contribution in [1.29, 1.82) is 0 Å². The Morgan fingerprint density at radius 1 is 1.06 bits per heavy atom. The van der Waals surface area contributed by atoms with E-state index in [1.165, 1.54) is 15.9 Å². The van der Waals surface area contributed by atoms with Gasteiger partial charge in [0, 0.05) is 22.1 Å². The second-order valence-electron chi connectivity index (χ2n) is 7.73. The highest BCUT2D eigenvalue weighted by molar-refractivity contribution is 9.10. The number of hydrogen-bond acceptors (Lipinski definition) is 6. The Balaban J connectivity index is 1.60. The first-order chi connectivity index (χ1) is 16.0. The molecule has 0 fully saturated rings. The largest absolute Gasteiger partial charge is 0.494 e. The van der Waals surface area contributed by atoms with E-state index in [1.54, 1.807) is 4.90 Å². The van der Waals surface area contributed by atoms with Gasteiger partial charge >= 0.3 is 0 Å². The summed E-state index contributed by atoms with van der Waals surface area (Å²) in [7, 11) is 0. The summed E-state index contributed by atoms with van der Waals surface area (Å²) in [6.07, 6.45) is 1.76. The fraction of sp³-hybridized carbons (Fsp3) is 0.250. The van der Waals surface area contributed by atoms with Crippen LogP contribution < -0.4 is 19.7 Å². The standard InChI is InChI=1S/C24H21BrN4O3S/c1-3-11-28-18-10-7-15(25)13-17(18)19(22(28)30)20-23(31)29-24(33-20)26-21(27-29)14-5-8-16(9-6-14)32-12-4-2/h5-10,13H,3-4,11-12H2,1-2H3/b20-19-. The molecule has 0 N–H and O–H groups in total. The summed E-state index contributed by atoms with van der Waals surface area (Å²) >= 11 is 4.68. The molecule has 9 heteroatoms. The quantitative estimate of drug-likeness (QED) is 0.380. The van der Waals surface area contributed by atoms with Gasteiger partial charge in [0.05, 0.1) is 17.9 Å². The number of carbonyl (C=O) groups is 1. The summed E-state index contributed by atoms with van der Waals surface area (Å²) in [5.41, 5.74) is 2.46. The van der Waals surface area contributed by atoms with Crippen molar-refractivity contribution < 1.29 is 9.53 Å². The van der Waals surface area contributed by atoms with Crippen molar-refractivity contribution >= 4 is 49.4 Å². The molecule has 0 spiro atoms. The lowest BCUT2D eigenvalue weighted by Gasteiger charge is -2.15. The van der Waals surface area contributed by atoms with Crippen molar-refractivity contribution in [2.24, 2.45) is 0 Å². The normalized spacial score (nSPS) is 14.9. The summed E-state index contributed by atoms with van der Waals surface area (Å²) in [4.78, 5) is 33.3. The van der Waals surface area contributed by atoms with E-state index in [-0.39, 0.29) is 11.5 Å². The van der Waals surface area contributed by atoms with Crippen LogP contribution in [0.4, 0.5) is 5.69 Å². The lowest BCUT2D eigenvalue weighted by atomic mass is 10.1. The first-order valence-electron chi connectivity index (χ1n) is 10.8. The van der Waals surface area contributed by atoms with E-state index in [9.17, 15) is 9.59 Å². The Hall–Kier alpha value is -3.04. The number of hydrogen-bond donors (Lipinski definition) is 0. The molecule has 0 unspecified atom stereocenters. The van der Waals surface area contributed by atoms with Crippen LogP contribution in [-0.2, 0) is 4.79 Å². The number of rotatable bonds is 6. The number of benzene rings is 2. The van der Waals surface area contributed by atoms with E-state index in [2.05, 4.69) is 32.9 Å². The maximum Gasteiger partial charge on any atom is 0.291 e. The third-order valence-electron chi connectivity index (χ3n) is 5.39. The van der Waals surface area contributed by atoms with Crippen LogP contribution >= 0.6 is 27.3 Å². The molecule has 1 aliphatic heterocycles. The van der Waals surface area contributed by atoms with Crippen LogP contribution in [0.15, 0.2) is 51.7 Å². The van der Waals surface area contributed by atoms with Gasteiger partial charge in [-0.1, -0.05) is 41.1 Å². The van der Waals surface area contributed by atoms with Crippen LogP contribution in [0.1, 0.15) is 32.3 Å². The highest BCUT2D eigenvalue weighted by Crippen LogP contribution is 2.37. The van der Waals surface area contributed by atoms with Gasteiger partial charge in [0.2, 0.25) is 4.96 Å². The van der Waals surface area contributed by atoms with Crippen LogP contribution in [0.3, 0.4) is 0 Å². The fourth-order valence-corrected chi connectivity index (χ4v) is 5.26. The monoisotopic (exact) mass is 524 g/mol. The van der Waals surface area contributed by atoms with E-state index in [0.717, 1.165) is 39.9 Å². The van der Waals surface area contributed by atoms with E-state index in [1.807, 2.05) is 49.4 Å². The van der Waals surface area contributed by atoms with E-state index in [4.69, 9.17) is 4.74 Å². The Morgan fingerprint density at radius 3 is 2.55 bits per heavy atom. The lowest BCUT2D eigenvalue weighted by Crippen LogP contribution is -2.32. The molecule has 0 bridgehead atoms. The van der Waals surface area contributed by atoms with Gasteiger partial charge in [-0.2, -0.15) is 9.50 Å². The van der Waals surface area contributed by atoms with Crippen LogP contribution in [-0.4, -0.2) is 33.7 Å². The molecule has 0 saturated heterocycles. The molecule has 0 aliphatic carbocycles. The average Bonchev–Trinajstić information content (AvgIpc) is 3.44. The molecule has 0 saturated carbocycles. The Bertz CT molecular complexity index is 1480. The number of anilines is 1. The predicted molar refractivity (Wildman–Crippen MR) is 133 cm³/mol. The number of fused-ring (bicyclic) bond motifs is 2. The number of aromatic nitrogens is 3. The first kappa shape index (κ1) is 21.8. The van der Waals surface area contributed by atoms with Crippen molar-refractivity contribution in [3.05, 3.63) is 67.4 Å². The van der Waals surface area contributed by atoms with Gasteiger partial charge in [-0.25, -0.2) is 0 Å². The van der Waals surface area contributed by atoms with Gasteiger partial charge < -0.3 is 9.64 Å². The molecule has 168 valence electrons. The average molecular weight is 525 g/mol. The zero-order valence-corrected chi connectivity index (χ0v) is 20.6. The Morgan fingerprint density at radius 2 is 1.85 bits per heavy atom. The van der Waals surface area contributed by atoms with Crippen molar-refractivity contribution in [1.82, 2.24) is 14.6 Å². The summed E-state index contributed by atoms with van der Waals surface area (Å²) in [6.45, 7) is 5.33. The number of nitrogens with zero attached hydrogens (tertiary/aromatic N) is 4. The lowest BCUT2D eigenvalue weighted by molar-refractivity contribution is -0.113. The zero-order chi connectivity index (χ0) is 23.1. The molecule has 3 heterocycles. The van der Waals surface area contributed by atoms with Crippen molar-refractivity contribution in [2.45, 2.75) is 26.7 Å². The van der Waals surface area contributed by atoms with Crippen molar-refractivity contribution in [3.63, 3.8) is 0 Å². The highest BCUT2D eigenvalue weighted by atomic mass is 79.9. The highest BCUT2D eigenvalue weighted by Gasteiger charge is 2.34. The van der Waals surface area contributed by atoms with Gasteiger partial charge in [-0.3, -0.25) is 9.59 Å². The molecule has 1 amide bonds. The topological polar surface area (TPSA) is 76.8 Å². The van der Waals surface area contributed by atoms with E-state index >= 15 is 0 Å². The molecule has 2 aromatic heterocycles. The third-order valence-corrected chi connectivity index (χ3v) is 6.92. The number of thiazole rings is 1. The number of amides is 1. The molecular weight excluding hydrogens is 504 g/mol. The molecule has 0 radical (unpaired) electrons. The smallest absolute Gasteiger partial charge is 0.291 e. The van der Waals surface area contributed by atoms with E-state index in [0.29, 0.717) is 34.0 Å². The molecule has 5 rings (SSSR count). The minimum absolute atomic E-state index is 0.158. The summed E-state index contributed by atoms with van der Waals surface area (Å²) in [6, 6.07) is 13.2. The minimum Gasteiger partial charge on any atom is -0.494 e. The van der Waals surface area contributed by atoms with Gasteiger partial charge in [-0.15, -0.1) is 5.10 Å². The van der Waals surface area contributed by atoms with Gasteiger partial charge in [0.25, 0.3) is 11.5 Å². The number of carbonyl (C=O) groups excluding carboxylic acids is 1. The van der Waals surface area contributed by atoms with Crippen LogP contribution in [0, 0.1) is 0 Å². The minimum atomic E-state index is -0.329. The van der Waals surface area contributed by atoms with Gasteiger partial charge in [-0.05, 0) is 55.3 Å². The number of ether oxygens (including phenoxy) is 1. The fourth-order valence-electron chi connectivity index (χ4n) is 3.90. The summed E-state index contributed by atoms with van der Waals surface area (Å²) in [5.74, 6) is 1.09. The molecular formula is C24H21BrN4O3S. The second kappa shape index (κ2) is 8.72. The van der Waals surface area contributed by atoms with Crippen LogP contribution in [0.5, 0.6) is 5.75 Å². The van der Waals surface area contributed by atoms with Gasteiger partial charge in [0.15, 0.2) is 5.82 Å². The Kier molecular flexibility index (Phi) is 5.76. The molecule has 2 aromatic carbocycles. The van der Waals surface area contributed by atoms with Crippen molar-refractivity contribution in [3.8, 4) is 17.1 Å². The van der Waals surface area contributed by atoms with Crippen LogP contribution in [0.25, 0.3) is 21.9 Å². The first-order valence-corrected chi connectivity index (χ1v) is 12.4. The molecule has 4 aromatic rings. The maximum absolute atomic E-state index is 13.3. The van der Waals surface area contributed by atoms with Crippen LogP contribution in [0.2, 0.25) is 0 Å². The van der Waals surface area contributed by atoms with Crippen molar-refractivity contribution in [2.75, 3.05) is 18.1 Å². The molecule has 1 aliphatic rings. The predicted octanol–water partition coefficient (Wildman–Crippen LogP) is 4.04. The SMILES string of the molecule is CCCOc1ccc(-c2nc3s/c(=C4\C(=O)N(CCC)c5ccc(Br)cc54)c(=O)n3n2)cc1. The Labute approximate surface area is 202 Å². The maximum atomic E-state index is 13.3. The summed E-state index contributed by atoms with van der Waals surface area (Å²) < 4.78 is 8.12. The zero-order valence-electron chi connectivity index (χ0n) is 18.2. The molecule has 33 heavy (non-hydrogen) atoms. The third kappa shape index (κ3) is 3.75. The number of halogens is 1. The summed E-state index contributed by atoms with van der Waals surface area (Å²) in [5, 5.41) is 4.44. The second-order valence-corrected chi connectivity index (χ2v) is 9.63. The molecule has 7 nitrogen and oxygen atoms in total. The molecule has 0 atom stereocenters.